The summed E-state index contributed by atoms with van der Waals surface area (Å²) in [5, 5.41) is 9.00. The monoisotopic (exact) mass is 274 g/mol. The number of carboxylic acids is 1. The van der Waals surface area contributed by atoms with E-state index in [-0.39, 0.29) is 17.0 Å². The minimum absolute atomic E-state index is 0.0382. The van der Waals surface area contributed by atoms with Gasteiger partial charge in [-0.1, -0.05) is 0 Å². The fourth-order valence-corrected chi connectivity index (χ4v) is 1.96. The van der Waals surface area contributed by atoms with E-state index >= 15 is 0 Å². The van der Waals surface area contributed by atoms with E-state index in [4.69, 9.17) is 15.6 Å². The largest absolute Gasteiger partial charge is 0.496 e. The van der Waals surface area contributed by atoms with Gasteiger partial charge >= 0.3 is 5.97 Å². The fourth-order valence-electron chi connectivity index (χ4n) is 1.96. The molecule has 0 saturated heterocycles. The zero-order valence-electron chi connectivity index (χ0n) is 11.1. The first-order valence-corrected chi connectivity index (χ1v) is 5.82. The summed E-state index contributed by atoms with van der Waals surface area (Å²) < 4.78 is 6.51. The summed E-state index contributed by atoms with van der Waals surface area (Å²) in [6.45, 7) is 0. The Morgan fingerprint density at radius 1 is 1.30 bits per heavy atom. The number of hydrogen-bond donors (Lipinski definition) is 2. The van der Waals surface area contributed by atoms with Crippen LogP contribution in [0.25, 0.3) is 0 Å². The maximum Gasteiger partial charge on any atom is 0.352 e. The van der Waals surface area contributed by atoms with Gasteiger partial charge in [0.1, 0.15) is 11.4 Å². The molecular weight excluding hydrogens is 260 g/mol. The summed E-state index contributed by atoms with van der Waals surface area (Å²) in [5.41, 5.74) is 6.72. The number of aromatic carboxylic acids is 1. The van der Waals surface area contributed by atoms with Gasteiger partial charge in [-0.25, -0.2) is 4.79 Å². The van der Waals surface area contributed by atoms with E-state index in [9.17, 15) is 9.59 Å². The van der Waals surface area contributed by atoms with Crippen molar-refractivity contribution in [3.8, 4) is 5.75 Å². The van der Waals surface area contributed by atoms with Crippen LogP contribution in [0.1, 0.15) is 26.4 Å². The lowest BCUT2D eigenvalue weighted by molar-refractivity contribution is 0.0686. The van der Waals surface area contributed by atoms with Crippen molar-refractivity contribution < 1.29 is 19.4 Å². The van der Waals surface area contributed by atoms with Crippen LogP contribution in [0.5, 0.6) is 5.75 Å². The molecule has 104 valence electrons. The topological polar surface area (TPSA) is 94.6 Å². The Balaban J connectivity index is 2.49. The molecule has 1 aromatic heterocycles. The third-order valence-corrected chi connectivity index (χ3v) is 2.95. The van der Waals surface area contributed by atoms with Crippen LogP contribution >= 0.6 is 0 Å². The van der Waals surface area contributed by atoms with Crippen LogP contribution in [0, 0.1) is 0 Å². The van der Waals surface area contributed by atoms with E-state index in [0.717, 1.165) is 0 Å². The first-order valence-electron chi connectivity index (χ1n) is 5.82. The number of rotatable bonds is 4. The number of nitrogens with zero attached hydrogens (tertiary/aromatic N) is 1. The van der Waals surface area contributed by atoms with Gasteiger partial charge in [-0.15, -0.1) is 0 Å². The number of methoxy groups -OCH3 is 1. The van der Waals surface area contributed by atoms with E-state index in [0.29, 0.717) is 17.0 Å². The van der Waals surface area contributed by atoms with Gasteiger partial charge in [-0.05, 0) is 24.3 Å². The van der Waals surface area contributed by atoms with E-state index < -0.39 is 5.97 Å². The molecule has 0 atom stereocenters. The number of carbonyl (C=O) groups is 2. The molecule has 6 heteroatoms. The van der Waals surface area contributed by atoms with Crippen LogP contribution in [-0.4, -0.2) is 28.5 Å². The molecule has 0 radical (unpaired) electrons. The molecule has 0 aliphatic carbocycles. The highest BCUT2D eigenvalue weighted by Gasteiger charge is 2.19. The molecule has 0 fully saturated rings. The smallest absolute Gasteiger partial charge is 0.352 e. The lowest BCUT2D eigenvalue weighted by Crippen LogP contribution is -2.04. The molecule has 0 spiro atoms. The van der Waals surface area contributed by atoms with Crippen LogP contribution < -0.4 is 10.5 Å². The van der Waals surface area contributed by atoms with E-state index in [1.807, 2.05) is 0 Å². The van der Waals surface area contributed by atoms with Crippen molar-refractivity contribution in [1.29, 1.82) is 0 Å². The highest BCUT2D eigenvalue weighted by atomic mass is 16.5. The first-order chi connectivity index (χ1) is 9.43. The maximum atomic E-state index is 12.4. The molecule has 1 heterocycles. The number of ether oxygens (including phenoxy) is 1. The van der Waals surface area contributed by atoms with Crippen molar-refractivity contribution in [2.75, 3.05) is 12.8 Å². The molecule has 2 aromatic rings. The van der Waals surface area contributed by atoms with E-state index in [1.54, 1.807) is 19.2 Å². The lowest BCUT2D eigenvalue weighted by atomic mass is 10.0. The third-order valence-electron chi connectivity index (χ3n) is 2.95. The summed E-state index contributed by atoms with van der Waals surface area (Å²) in [4.78, 5) is 23.4. The van der Waals surface area contributed by atoms with Crippen molar-refractivity contribution >= 4 is 17.4 Å². The van der Waals surface area contributed by atoms with Crippen molar-refractivity contribution in [2.45, 2.75) is 0 Å². The number of nitrogen functional groups attached to an aromatic ring is 1. The number of carbonyl (C=O) groups excluding carboxylic acids is 1. The second-order valence-electron chi connectivity index (χ2n) is 4.32. The van der Waals surface area contributed by atoms with Gasteiger partial charge in [-0.2, -0.15) is 0 Å². The predicted octanol–water partition coefficient (Wildman–Crippen LogP) is 1.55. The molecule has 2 rings (SSSR count). The van der Waals surface area contributed by atoms with E-state index in [2.05, 4.69) is 0 Å². The van der Waals surface area contributed by atoms with Crippen LogP contribution in [0.15, 0.2) is 30.5 Å². The Morgan fingerprint density at radius 2 is 2.00 bits per heavy atom. The van der Waals surface area contributed by atoms with E-state index in [1.165, 1.54) is 30.0 Å². The van der Waals surface area contributed by atoms with Crippen LogP contribution in [0.4, 0.5) is 5.69 Å². The zero-order chi connectivity index (χ0) is 14.9. The standard InChI is InChI=1S/C14H14N2O4/c1-16-7-8(5-11(16)14(18)19)13(17)10-6-9(15)3-4-12(10)20-2/h3-7H,15H2,1-2H3,(H,18,19). The first kappa shape index (κ1) is 13.7. The Hall–Kier alpha value is -2.76. The van der Waals surface area contributed by atoms with Gasteiger partial charge < -0.3 is 20.1 Å². The minimum Gasteiger partial charge on any atom is -0.496 e. The van der Waals surface area contributed by atoms with Crippen molar-refractivity contribution in [2.24, 2.45) is 7.05 Å². The highest BCUT2D eigenvalue weighted by molar-refractivity contribution is 6.12. The quantitative estimate of drug-likeness (QED) is 0.651. The number of carboxylic acid groups (broad SMARTS) is 1. The van der Waals surface area contributed by atoms with Gasteiger partial charge in [0.2, 0.25) is 0 Å². The second-order valence-corrected chi connectivity index (χ2v) is 4.32. The van der Waals surface area contributed by atoms with Crippen molar-refractivity contribution in [3.63, 3.8) is 0 Å². The summed E-state index contributed by atoms with van der Waals surface area (Å²) in [6, 6.07) is 6.06. The summed E-state index contributed by atoms with van der Waals surface area (Å²) >= 11 is 0. The number of hydrogen-bond acceptors (Lipinski definition) is 4. The normalized spacial score (nSPS) is 10.3. The van der Waals surface area contributed by atoms with Gasteiger partial charge in [0, 0.05) is 24.5 Å². The van der Waals surface area contributed by atoms with Crippen molar-refractivity contribution in [3.05, 3.63) is 47.3 Å². The molecule has 0 amide bonds. The van der Waals surface area contributed by atoms with Gasteiger partial charge in [-0.3, -0.25) is 4.79 Å². The minimum atomic E-state index is -1.09. The number of ketones is 1. The summed E-state index contributed by atoms with van der Waals surface area (Å²) in [6.07, 6.45) is 1.47. The molecule has 1 aromatic carbocycles. The number of anilines is 1. The molecule has 20 heavy (non-hydrogen) atoms. The number of aromatic nitrogens is 1. The summed E-state index contributed by atoms with van der Waals surface area (Å²) in [7, 11) is 3.02. The average Bonchev–Trinajstić information content (AvgIpc) is 2.80. The maximum absolute atomic E-state index is 12.4. The van der Waals surface area contributed by atoms with Gasteiger partial charge in [0.15, 0.2) is 5.78 Å². The third kappa shape index (κ3) is 2.35. The number of aryl methyl sites for hydroxylation is 1. The lowest BCUT2D eigenvalue weighted by Gasteiger charge is -2.07. The number of benzene rings is 1. The Morgan fingerprint density at radius 3 is 2.55 bits per heavy atom. The average molecular weight is 274 g/mol. The summed E-state index contributed by atoms with van der Waals surface area (Å²) in [5.74, 6) is -1.03. The highest BCUT2D eigenvalue weighted by Crippen LogP contribution is 2.24. The number of nitrogens with two attached hydrogens (primary N) is 1. The molecule has 0 unspecified atom stereocenters. The van der Waals surface area contributed by atoms with Gasteiger partial charge in [0.05, 0.1) is 12.7 Å². The van der Waals surface area contributed by atoms with Crippen LogP contribution in [0.3, 0.4) is 0 Å². The molecule has 0 bridgehead atoms. The zero-order valence-corrected chi connectivity index (χ0v) is 11.1. The van der Waals surface area contributed by atoms with Crippen LogP contribution in [0.2, 0.25) is 0 Å². The Bertz CT molecular complexity index is 688. The fraction of sp³-hybridized carbons (Fsp3) is 0.143. The SMILES string of the molecule is COc1ccc(N)cc1C(=O)c1cc(C(=O)O)n(C)c1. The molecule has 0 aliphatic rings. The van der Waals surface area contributed by atoms with Crippen LogP contribution in [-0.2, 0) is 7.05 Å². The van der Waals surface area contributed by atoms with Crippen molar-refractivity contribution in [1.82, 2.24) is 4.57 Å². The Kier molecular flexibility index (Phi) is 3.47. The molecule has 0 saturated carbocycles. The Labute approximate surface area is 115 Å². The molecule has 6 nitrogen and oxygen atoms in total. The predicted molar refractivity (Wildman–Crippen MR) is 73.2 cm³/mol. The molecule has 0 aliphatic heterocycles. The second kappa shape index (κ2) is 5.08. The molecular formula is C14H14N2O4. The molecule has 3 N–H and O–H groups in total. The van der Waals surface area contributed by atoms with Gasteiger partial charge in [0.25, 0.3) is 0 Å².